The van der Waals surface area contributed by atoms with E-state index in [0.717, 1.165) is 49.7 Å². The first-order valence-electron chi connectivity index (χ1n) is 11.3. The topological polar surface area (TPSA) is 100 Å². The van der Waals surface area contributed by atoms with E-state index in [1.165, 1.54) is 0 Å². The molecule has 166 valence electrons. The van der Waals surface area contributed by atoms with Gasteiger partial charge in [-0.3, -0.25) is 9.59 Å². The lowest BCUT2D eigenvalue weighted by Crippen LogP contribution is -2.30. The summed E-state index contributed by atoms with van der Waals surface area (Å²) in [7, 11) is 0. The van der Waals surface area contributed by atoms with Gasteiger partial charge in [0.25, 0.3) is 11.8 Å². The van der Waals surface area contributed by atoms with E-state index in [1.54, 1.807) is 12.3 Å². The number of rotatable bonds is 7. The number of amides is 2. The van der Waals surface area contributed by atoms with Gasteiger partial charge in [-0.05, 0) is 50.8 Å². The molecule has 8 heteroatoms. The molecule has 0 radical (unpaired) electrons. The maximum absolute atomic E-state index is 13.0. The van der Waals surface area contributed by atoms with Gasteiger partial charge in [-0.15, -0.1) is 0 Å². The summed E-state index contributed by atoms with van der Waals surface area (Å²) >= 11 is 0. The van der Waals surface area contributed by atoms with E-state index in [1.807, 2.05) is 30.0 Å². The van der Waals surface area contributed by atoms with Crippen molar-refractivity contribution in [2.45, 2.75) is 45.1 Å². The zero-order chi connectivity index (χ0) is 22.1. The van der Waals surface area contributed by atoms with Crippen LogP contribution in [0.25, 0.3) is 11.0 Å². The monoisotopic (exact) mass is 433 g/mol. The number of fused-ring (bicyclic) bond motifs is 1. The van der Waals surface area contributed by atoms with Crippen LogP contribution in [0.1, 0.15) is 57.9 Å². The lowest BCUT2D eigenvalue weighted by atomic mass is 10.1. The molecule has 0 unspecified atom stereocenters. The molecule has 3 heterocycles. The van der Waals surface area contributed by atoms with Crippen molar-refractivity contribution >= 4 is 28.7 Å². The van der Waals surface area contributed by atoms with Gasteiger partial charge >= 0.3 is 0 Å². The van der Waals surface area contributed by atoms with Crippen LogP contribution >= 0.6 is 0 Å². The van der Waals surface area contributed by atoms with Crippen molar-refractivity contribution in [1.82, 2.24) is 20.2 Å². The molecule has 1 aliphatic carbocycles. The average Bonchev–Trinajstić information content (AvgIpc) is 3.26. The summed E-state index contributed by atoms with van der Waals surface area (Å²) in [6.45, 7) is 3.88. The maximum atomic E-state index is 13.0. The summed E-state index contributed by atoms with van der Waals surface area (Å²) in [5, 5.41) is 7.08. The summed E-state index contributed by atoms with van der Waals surface area (Å²) in [6.07, 6.45) is 6.33. The molecular formula is C24H27N5O3. The van der Waals surface area contributed by atoms with E-state index in [0.29, 0.717) is 41.8 Å². The highest BCUT2D eigenvalue weighted by Gasteiger charge is 2.25. The number of aromatic nitrogens is 2. The molecule has 5 rings (SSSR count). The van der Waals surface area contributed by atoms with Gasteiger partial charge in [0.1, 0.15) is 5.58 Å². The van der Waals surface area contributed by atoms with Crippen LogP contribution in [0.5, 0.6) is 0 Å². The Bertz CT molecular complexity index is 1160. The van der Waals surface area contributed by atoms with E-state index in [4.69, 9.17) is 4.42 Å². The smallest absolute Gasteiger partial charge is 0.287 e. The highest BCUT2D eigenvalue weighted by Crippen LogP contribution is 2.24. The number of carbonyl (C=O) groups is 2. The first-order chi connectivity index (χ1) is 15.6. The summed E-state index contributed by atoms with van der Waals surface area (Å²) in [4.78, 5) is 36.4. The van der Waals surface area contributed by atoms with Gasteiger partial charge in [0.2, 0.25) is 5.95 Å². The Morgan fingerprint density at radius 3 is 2.78 bits per heavy atom. The minimum absolute atomic E-state index is 0.0329. The Kier molecular flexibility index (Phi) is 5.51. The Labute approximate surface area is 186 Å². The Hall–Kier alpha value is -3.42. The van der Waals surface area contributed by atoms with Crippen LogP contribution in [-0.2, 0) is 6.42 Å². The highest BCUT2D eigenvalue weighted by molar-refractivity contribution is 5.96. The van der Waals surface area contributed by atoms with Crippen molar-refractivity contribution in [3.8, 4) is 0 Å². The fraction of sp³-hybridized carbons (Fsp3) is 0.417. The number of nitrogens with zero attached hydrogens (tertiary/aromatic N) is 3. The third kappa shape index (κ3) is 4.44. The van der Waals surface area contributed by atoms with Gasteiger partial charge in [0.15, 0.2) is 5.76 Å². The molecule has 2 fully saturated rings. The molecule has 8 nitrogen and oxygen atoms in total. The van der Waals surface area contributed by atoms with E-state index in [9.17, 15) is 9.59 Å². The molecule has 2 amide bonds. The van der Waals surface area contributed by atoms with Crippen molar-refractivity contribution in [1.29, 1.82) is 0 Å². The van der Waals surface area contributed by atoms with Crippen molar-refractivity contribution in [2.75, 3.05) is 25.0 Å². The number of carbonyl (C=O) groups excluding carboxylic acids is 2. The van der Waals surface area contributed by atoms with Crippen molar-refractivity contribution < 1.29 is 14.0 Å². The number of aryl methyl sites for hydroxylation is 1. The minimum atomic E-state index is -0.281. The van der Waals surface area contributed by atoms with Crippen LogP contribution in [-0.4, -0.2) is 52.4 Å². The molecule has 3 aromatic rings. The molecule has 1 aliphatic heterocycles. The summed E-state index contributed by atoms with van der Waals surface area (Å²) < 4.78 is 5.68. The quantitative estimate of drug-likeness (QED) is 0.593. The van der Waals surface area contributed by atoms with Gasteiger partial charge in [-0.1, -0.05) is 11.6 Å². The molecule has 1 aromatic carbocycles. The fourth-order valence-corrected chi connectivity index (χ4v) is 4.01. The van der Waals surface area contributed by atoms with E-state index < -0.39 is 0 Å². The fourth-order valence-electron chi connectivity index (χ4n) is 4.01. The van der Waals surface area contributed by atoms with Gasteiger partial charge in [0.05, 0.1) is 11.3 Å². The largest absolute Gasteiger partial charge is 0.451 e. The number of furan rings is 1. The van der Waals surface area contributed by atoms with Crippen LogP contribution in [0.2, 0.25) is 0 Å². The second kappa shape index (κ2) is 8.61. The minimum Gasteiger partial charge on any atom is -0.451 e. The molecule has 32 heavy (non-hydrogen) atoms. The van der Waals surface area contributed by atoms with Crippen LogP contribution in [0, 0.1) is 6.92 Å². The van der Waals surface area contributed by atoms with E-state index in [2.05, 4.69) is 20.6 Å². The maximum Gasteiger partial charge on any atom is 0.287 e. The van der Waals surface area contributed by atoms with Crippen LogP contribution < -0.4 is 10.6 Å². The van der Waals surface area contributed by atoms with Gasteiger partial charge in [0, 0.05) is 43.7 Å². The molecule has 0 spiro atoms. The first-order valence-corrected chi connectivity index (χ1v) is 11.3. The Morgan fingerprint density at radius 2 is 2.00 bits per heavy atom. The van der Waals surface area contributed by atoms with Crippen molar-refractivity contribution in [3.63, 3.8) is 0 Å². The Morgan fingerprint density at radius 1 is 1.19 bits per heavy atom. The number of likely N-dealkylation sites (tertiary alicyclic amines) is 1. The van der Waals surface area contributed by atoms with E-state index in [-0.39, 0.29) is 17.6 Å². The summed E-state index contributed by atoms with van der Waals surface area (Å²) in [5.74, 6) is 0.503. The number of benzene rings is 1. The van der Waals surface area contributed by atoms with Gasteiger partial charge in [-0.25, -0.2) is 9.97 Å². The second-order valence-corrected chi connectivity index (χ2v) is 8.63. The predicted molar refractivity (Wildman–Crippen MR) is 121 cm³/mol. The number of hydrogen-bond donors (Lipinski definition) is 2. The third-order valence-corrected chi connectivity index (χ3v) is 5.94. The average molecular weight is 434 g/mol. The zero-order valence-electron chi connectivity index (χ0n) is 18.2. The molecule has 2 aromatic heterocycles. The van der Waals surface area contributed by atoms with Crippen LogP contribution in [0.15, 0.2) is 34.9 Å². The molecule has 2 N–H and O–H groups in total. The highest BCUT2D eigenvalue weighted by atomic mass is 16.3. The first kappa shape index (κ1) is 20.5. The predicted octanol–water partition coefficient (Wildman–Crippen LogP) is 3.31. The number of anilines is 1. The third-order valence-electron chi connectivity index (χ3n) is 5.94. The van der Waals surface area contributed by atoms with Crippen LogP contribution in [0.4, 0.5) is 5.95 Å². The van der Waals surface area contributed by atoms with Gasteiger partial charge in [-0.2, -0.15) is 0 Å². The van der Waals surface area contributed by atoms with Crippen molar-refractivity contribution in [3.05, 3.63) is 53.0 Å². The summed E-state index contributed by atoms with van der Waals surface area (Å²) in [5.41, 5.74) is 2.97. The molecule has 0 bridgehead atoms. The van der Waals surface area contributed by atoms with Gasteiger partial charge < -0.3 is 20.0 Å². The Balaban J connectivity index is 1.29. The summed E-state index contributed by atoms with van der Waals surface area (Å²) in [6, 6.07) is 7.98. The van der Waals surface area contributed by atoms with Crippen molar-refractivity contribution in [2.24, 2.45) is 0 Å². The second-order valence-electron chi connectivity index (χ2n) is 8.63. The lowest BCUT2D eigenvalue weighted by Gasteiger charge is -2.17. The zero-order valence-corrected chi connectivity index (χ0v) is 18.2. The molecule has 0 atom stereocenters. The molecule has 2 aliphatic rings. The number of nitrogens with one attached hydrogen (secondary N) is 2. The van der Waals surface area contributed by atoms with E-state index >= 15 is 0 Å². The standard InChI is InChI=1S/C24H27N5O3/c1-15-4-7-20-16(12-15)13-21(32-20)22(30)25-9-8-19-18(23(31)29-10-2-3-11-29)14-26-24(28-19)27-17-5-6-17/h4,7,12-14,17H,2-3,5-6,8-11H2,1H3,(H,25,30)(H,26,27,28). The molecule has 1 saturated carbocycles. The number of hydrogen-bond acceptors (Lipinski definition) is 6. The lowest BCUT2D eigenvalue weighted by molar-refractivity contribution is 0.0790. The normalized spacial score (nSPS) is 15.8. The SMILES string of the molecule is Cc1ccc2oc(C(=O)NCCc3nc(NC4CC4)ncc3C(=O)N3CCCC3)cc2c1. The molecule has 1 saturated heterocycles. The molecular weight excluding hydrogens is 406 g/mol. The van der Waals surface area contributed by atoms with Crippen LogP contribution in [0.3, 0.4) is 0 Å².